The van der Waals surface area contributed by atoms with E-state index in [9.17, 15) is 0 Å². The highest BCUT2D eigenvalue weighted by atomic mass is 16.5. The maximum absolute atomic E-state index is 8.88. The zero-order valence-electron chi connectivity index (χ0n) is 8.48. The average molecular weight is 199 g/mol. The van der Waals surface area contributed by atoms with E-state index in [2.05, 4.69) is 16.2 Å². The summed E-state index contributed by atoms with van der Waals surface area (Å²) in [6.07, 6.45) is 0. The van der Waals surface area contributed by atoms with Crippen molar-refractivity contribution in [3.05, 3.63) is 35.2 Å². The SMILES string of the molecule is Cc1nc(-c2ccc(C)c(C#N)c2)no1. The number of hydrogen-bond acceptors (Lipinski definition) is 4. The molecular weight excluding hydrogens is 190 g/mol. The van der Waals surface area contributed by atoms with Gasteiger partial charge in [0.15, 0.2) is 0 Å². The van der Waals surface area contributed by atoms with Gasteiger partial charge < -0.3 is 4.52 Å². The molecule has 0 aliphatic heterocycles. The van der Waals surface area contributed by atoms with Crippen molar-refractivity contribution in [1.29, 1.82) is 5.26 Å². The number of aryl methyl sites for hydroxylation is 2. The standard InChI is InChI=1S/C11H9N3O/c1-7-3-4-9(5-10(7)6-12)11-13-8(2)15-14-11/h3-5H,1-2H3. The fourth-order valence-corrected chi connectivity index (χ4v) is 1.30. The summed E-state index contributed by atoms with van der Waals surface area (Å²) in [5.74, 6) is 1.04. The molecule has 15 heavy (non-hydrogen) atoms. The number of nitriles is 1. The van der Waals surface area contributed by atoms with Gasteiger partial charge in [-0.1, -0.05) is 17.3 Å². The van der Waals surface area contributed by atoms with Gasteiger partial charge in [-0.25, -0.2) is 0 Å². The summed E-state index contributed by atoms with van der Waals surface area (Å²) >= 11 is 0. The molecule has 74 valence electrons. The molecule has 0 unspecified atom stereocenters. The lowest BCUT2D eigenvalue weighted by molar-refractivity contribution is 0.394. The van der Waals surface area contributed by atoms with E-state index in [1.807, 2.05) is 19.1 Å². The summed E-state index contributed by atoms with van der Waals surface area (Å²) in [5.41, 5.74) is 2.38. The van der Waals surface area contributed by atoms with Crippen LogP contribution in [-0.4, -0.2) is 10.1 Å². The van der Waals surface area contributed by atoms with Gasteiger partial charge in [-0.3, -0.25) is 0 Å². The van der Waals surface area contributed by atoms with Crippen molar-refractivity contribution in [1.82, 2.24) is 10.1 Å². The summed E-state index contributed by atoms with van der Waals surface area (Å²) in [7, 11) is 0. The quantitative estimate of drug-likeness (QED) is 0.706. The highest BCUT2D eigenvalue weighted by Crippen LogP contribution is 2.19. The van der Waals surface area contributed by atoms with Crippen molar-refractivity contribution in [3.63, 3.8) is 0 Å². The van der Waals surface area contributed by atoms with Crippen molar-refractivity contribution in [2.45, 2.75) is 13.8 Å². The van der Waals surface area contributed by atoms with Gasteiger partial charge >= 0.3 is 0 Å². The number of aromatic nitrogens is 2. The second-order valence-electron chi connectivity index (χ2n) is 3.28. The lowest BCUT2D eigenvalue weighted by Gasteiger charge is -1.98. The van der Waals surface area contributed by atoms with Gasteiger partial charge in [-0.05, 0) is 18.6 Å². The molecule has 4 heteroatoms. The van der Waals surface area contributed by atoms with Gasteiger partial charge in [0.25, 0.3) is 0 Å². The van der Waals surface area contributed by atoms with E-state index in [1.54, 1.807) is 13.0 Å². The third kappa shape index (κ3) is 1.72. The second-order valence-corrected chi connectivity index (χ2v) is 3.28. The average Bonchev–Trinajstić information content (AvgIpc) is 2.66. The Balaban J connectivity index is 2.51. The Morgan fingerprint density at radius 3 is 2.73 bits per heavy atom. The predicted molar refractivity (Wildman–Crippen MR) is 53.9 cm³/mol. The molecule has 0 aliphatic carbocycles. The van der Waals surface area contributed by atoms with Crippen LogP contribution < -0.4 is 0 Å². The molecule has 0 bridgehead atoms. The summed E-state index contributed by atoms with van der Waals surface area (Å²) in [5, 5.41) is 12.7. The molecule has 0 atom stereocenters. The maximum Gasteiger partial charge on any atom is 0.223 e. The molecule has 0 amide bonds. The lowest BCUT2D eigenvalue weighted by Crippen LogP contribution is -1.86. The molecular formula is C11H9N3O. The van der Waals surface area contributed by atoms with Crippen molar-refractivity contribution >= 4 is 0 Å². The van der Waals surface area contributed by atoms with E-state index in [4.69, 9.17) is 9.78 Å². The molecule has 1 aromatic heterocycles. The molecule has 4 nitrogen and oxygen atoms in total. The minimum Gasteiger partial charge on any atom is -0.339 e. The van der Waals surface area contributed by atoms with Crippen LogP contribution >= 0.6 is 0 Å². The van der Waals surface area contributed by atoms with Crippen LogP contribution in [0.5, 0.6) is 0 Å². The number of hydrogen-bond donors (Lipinski definition) is 0. The topological polar surface area (TPSA) is 62.7 Å². The van der Waals surface area contributed by atoms with E-state index in [0.29, 0.717) is 17.3 Å². The Morgan fingerprint density at radius 1 is 1.33 bits per heavy atom. The highest BCUT2D eigenvalue weighted by molar-refractivity contribution is 5.59. The predicted octanol–water partition coefficient (Wildman–Crippen LogP) is 2.23. The van der Waals surface area contributed by atoms with E-state index in [1.165, 1.54) is 0 Å². The van der Waals surface area contributed by atoms with Gasteiger partial charge in [0.1, 0.15) is 0 Å². The first-order valence-corrected chi connectivity index (χ1v) is 4.52. The minimum absolute atomic E-state index is 0.518. The number of rotatable bonds is 1. The Kier molecular flexibility index (Phi) is 2.22. The van der Waals surface area contributed by atoms with Gasteiger partial charge in [0, 0.05) is 12.5 Å². The summed E-state index contributed by atoms with van der Waals surface area (Å²) in [6, 6.07) is 7.64. The third-order valence-corrected chi connectivity index (χ3v) is 2.14. The number of benzene rings is 1. The molecule has 1 aromatic carbocycles. The van der Waals surface area contributed by atoms with Crippen LogP contribution in [0.2, 0.25) is 0 Å². The Bertz CT molecular complexity index is 537. The van der Waals surface area contributed by atoms with Crippen LogP contribution in [0.25, 0.3) is 11.4 Å². The van der Waals surface area contributed by atoms with E-state index in [-0.39, 0.29) is 0 Å². The lowest BCUT2D eigenvalue weighted by atomic mass is 10.1. The zero-order valence-corrected chi connectivity index (χ0v) is 8.48. The van der Waals surface area contributed by atoms with Crippen molar-refractivity contribution in [3.8, 4) is 17.5 Å². The van der Waals surface area contributed by atoms with Crippen molar-refractivity contribution < 1.29 is 4.52 Å². The molecule has 0 N–H and O–H groups in total. The van der Waals surface area contributed by atoms with Crippen LogP contribution in [0.3, 0.4) is 0 Å². The second kappa shape index (κ2) is 3.54. The van der Waals surface area contributed by atoms with Gasteiger partial charge in [0.2, 0.25) is 11.7 Å². The van der Waals surface area contributed by atoms with E-state index >= 15 is 0 Å². The fraction of sp³-hybridized carbons (Fsp3) is 0.182. The van der Waals surface area contributed by atoms with Crippen LogP contribution in [0.4, 0.5) is 0 Å². The first-order valence-electron chi connectivity index (χ1n) is 4.52. The first kappa shape index (κ1) is 9.41. The van der Waals surface area contributed by atoms with Crippen LogP contribution in [0, 0.1) is 25.2 Å². The molecule has 0 radical (unpaired) electrons. The molecule has 0 aliphatic rings. The summed E-state index contributed by atoms with van der Waals surface area (Å²) in [6.45, 7) is 3.62. The molecule has 0 fully saturated rings. The largest absolute Gasteiger partial charge is 0.339 e. The molecule has 0 spiro atoms. The number of nitrogens with zero attached hydrogens (tertiary/aromatic N) is 3. The normalized spacial score (nSPS) is 9.93. The zero-order chi connectivity index (χ0) is 10.8. The fourth-order valence-electron chi connectivity index (χ4n) is 1.30. The van der Waals surface area contributed by atoms with Gasteiger partial charge in [0.05, 0.1) is 11.6 Å². The van der Waals surface area contributed by atoms with E-state index in [0.717, 1.165) is 11.1 Å². The molecule has 2 aromatic rings. The Labute approximate surface area is 87.2 Å². The molecule has 1 heterocycles. The molecule has 0 saturated heterocycles. The van der Waals surface area contributed by atoms with Gasteiger partial charge in [-0.2, -0.15) is 10.2 Å². The molecule has 0 saturated carbocycles. The minimum atomic E-state index is 0.518. The first-order chi connectivity index (χ1) is 7.20. The van der Waals surface area contributed by atoms with Gasteiger partial charge in [-0.15, -0.1) is 0 Å². The maximum atomic E-state index is 8.88. The van der Waals surface area contributed by atoms with Crippen molar-refractivity contribution in [2.24, 2.45) is 0 Å². The third-order valence-electron chi connectivity index (χ3n) is 2.14. The van der Waals surface area contributed by atoms with E-state index < -0.39 is 0 Å². The van der Waals surface area contributed by atoms with Crippen LogP contribution in [0.15, 0.2) is 22.7 Å². The monoisotopic (exact) mass is 199 g/mol. The Hall–Kier alpha value is -2.15. The van der Waals surface area contributed by atoms with Crippen molar-refractivity contribution in [2.75, 3.05) is 0 Å². The Morgan fingerprint density at radius 2 is 2.13 bits per heavy atom. The van der Waals surface area contributed by atoms with Crippen LogP contribution in [0.1, 0.15) is 17.0 Å². The summed E-state index contributed by atoms with van der Waals surface area (Å²) in [4.78, 5) is 4.10. The molecule has 2 rings (SSSR count). The summed E-state index contributed by atoms with van der Waals surface area (Å²) < 4.78 is 4.88. The van der Waals surface area contributed by atoms with Crippen LogP contribution in [-0.2, 0) is 0 Å². The smallest absolute Gasteiger partial charge is 0.223 e. The highest BCUT2D eigenvalue weighted by Gasteiger charge is 2.07.